The second-order valence-electron chi connectivity index (χ2n) is 8.70. The molecule has 1 aliphatic rings. The highest BCUT2D eigenvalue weighted by Crippen LogP contribution is 2.34. The predicted octanol–water partition coefficient (Wildman–Crippen LogP) is 6.09. The van der Waals surface area contributed by atoms with E-state index in [0.717, 1.165) is 28.6 Å². The van der Waals surface area contributed by atoms with Crippen LogP contribution >= 0.6 is 15.9 Å². The summed E-state index contributed by atoms with van der Waals surface area (Å²) >= 11 is 3.54. The number of benzene rings is 2. The van der Waals surface area contributed by atoms with Gasteiger partial charge in [-0.05, 0) is 71.3 Å². The molecule has 0 saturated carbocycles. The average molecular weight is 559 g/mol. The van der Waals surface area contributed by atoms with Gasteiger partial charge in [0.25, 0.3) is 11.8 Å². The molecule has 188 valence electrons. The Hall–Kier alpha value is -3.96. The standard InChI is InChI=1S/C29H27BrN4O3/c1-4-5-9-14-33-28(35)23(19(2)24(17-31)29(33)36)15-21-18-34(22-10-7-6-8-11-22)32-27(21)20-12-13-26(37-3)25(30)16-20/h6-8,10-13,15-16,18H,4-5,9,14H2,1-3H3/b23-15+. The molecule has 0 radical (unpaired) electrons. The number of para-hydroxylation sites is 1. The van der Waals surface area contributed by atoms with Crippen molar-refractivity contribution in [2.45, 2.75) is 33.1 Å². The number of imide groups is 1. The molecule has 8 heteroatoms. The Morgan fingerprint density at radius 1 is 1.11 bits per heavy atom. The Kier molecular flexibility index (Phi) is 8.04. The molecular weight excluding hydrogens is 532 g/mol. The van der Waals surface area contributed by atoms with E-state index in [1.807, 2.05) is 60.8 Å². The predicted molar refractivity (Wildman–Crippen MR) is 146 cm³/mol. The molecule has 0 aliphatic carbocycles. The molecule has 1 aliphatic heterocycles. The number of hydrogen-bond acceptors (Lipinski definition) is 5. The molecule has 4 rings (SSSR count). The second kappa shape index (κ2) is 11.4. The third-order valence-corrected chi connectivity index (χ3v) is 6.92. The lowest BCUT2D eigenvalue weighted by molar-refractivity contribution is -0.140. The van der Waals surface area contributed by atoms with E-state index >= 15 is 0 Å². The zero-order chi connectivity index (χ0) is 26.5. The topological polar surface area (TPSA) is 88.2 Å². The summed E-state index contributed by atoms with van der Waals surface area (Å²) in [6.45, 7) is 3.98. The van der Waals surface area contributed by atoms with Crippen LogP contribution in [0.5, 0.6) is 5.75 Å². The number of amides is 2. The highest BCUT2D eigenvalue weighted by Gasteiger charge is 2.35. The third kappa shape index (κ3) is 5.27. The van der Waals surface area contributed by atoms with Crippen molar-refractivity contribution < 1.29 is 14.3 Å². The molecule has 2 amide bonds. The molecule has 2 aromatic carbocycles. The quantitative estimate of drug-likeness (QED) is 0.189. The van der Waals surface area contributed by atoms with E-state index in [1.54, 1.807) is 24.8 Å². The SMILES string of the molecule is CCCCCN1C(=O)C(C#N)=C(C)/C(=C\c2cn(-c3ccccc3)nc2-c2ccc(OC)c(Br)c2)C1=O. The van der Waals surface area contributed by atoms with Crippen LogP contribution in [-0.2, 0) is 9.59 Å². The average Bonchev–Trinajstić information content (AvgIpc) is 3.33. The Morgan fingerprint density at radius 3 is 2.51 bits per heavy atom. The van der Waals surface area contributed by atoms with E-state index in [1.165, 1.54) is 4.90 Å². The number of methoxy groups -OCH3 is 1. The van der Waals surface area contributed by atoms with Gasteiger partial charge in [-0.25, -0.2) is 4.68 Å². The Balaban J connectivity index is 1.88. The Morgan fingerprint density at radius 2 is 1.86 bits per heavy atom. The van der Waals surface area contributed by atoms with E-state index < -0.39 is 11.8 Å². The fourth-order valence-corrected chi connectivity index (χ4v) is 4.79. The van der Waals surface area contributed by atoms with Crippen LogP contribution in [-0.4, -0.2) is 40.1 Å². The first-order valence-corrected chi connectivity index (χ1v) is 12.9. The number of aromatic nitrogens is 2. The van der Waals surface area contributed by atoms with Gasteiger partial charge in [-0.1, -0.05) is 38.0 Å². The van der Waals surface area contributed by atoms with E-state index in [4.69, 9.17) is 9.84 Å². The fraction of sp³-hybridized carbons (Fsp3) is 0.241. The zero-order valence-electron chi connectivity index (χ0n) is 21.0. The molecule has 3 aromatic rings. The van der Waals surface area contributed by atoms with Crippen LogP contribution in [0, 0.1) is 11.3 Å². The van der Waals surface area contributed by atoms with Gasteiger partial charge in [0, 0.05) is 29.4 Å². The van der Waals surface area contributed by atoms with Gasteiger partial charge in [-0.3, -0.25) is 14.5 Å². The molecular formula is C29H27BrN4O3. The van der Waals surface area contributed by atoms with Crippen LogP contribution in [0.4, 0.5) is 0 Å². The number of hydrogen-bond donors (Lipinski definition) is 0. The maximum Gasteiger partial charge on any atom is 0.271 e. The summed E-state index contributed by atoms with van der Waals surface area (Å²) in [5, 5.41) is 14.6. The molecule has 1 aromatic heterocycles. The van der Waals surface area contributed by atoms with Gasteiger partial charge in [0.15, 0.2) is 0 Å². The summed E-state index contributed by atoms with van der Waals surface area (Å²) in [5.74, 6) is -0.239. The highest BCUT2D eigenvalue weighted by atomic mass is 79.9. The van der Waals surface area contributed by atoms with Crippen LogP contribution in [0.1, 0.15) is 38.7 Å². The Labute approximate surface area is 224 Å². The minimum atomic E-state index is -0.530. The molecule has 0 N–H and O–H groups in total. The van der Waals surface area contributed by atoms with Gasteiger partial charge in [0.05, 0.1) is 17.3 Å². The number of nitrogens with zero attached hydrogens (tertiary/aromatic N) is 4. The third-order valence-electron chi connectivity index (χ3n) is 6.30. The van der Waals surface area contributed by atoms with Crippen molar-refractivity contribution in [1.82, 2.24) is 14.7 Å². The van der Waals surface area contributed by atoms with Crippen molar-refractivity contribution in [1.29, 1.82) is 5.26 Å². The van der Waals surface area contributed by atoms with E-state index in [9.17, 15) is 14.9 Å². The molecule has 7 nitrogen and oxygen atoms in total. The van der Waals surface area contributed by atoms with Crippen LogP contribution in [0.15, 0.2) is 75.9 Å². The lowest BCUT2D eigenvalue weighted by Gasteiger charge is -2.27. The second-order valence-corrected chi connectivity index (χ2v) is 9.56. The van der Waals surface area contributed by atoms with Crippen molar-refractivity contribution >= 4 is 33.8 Å². The summed E-state index contributed by atoms with van der Waals surface area (Å²) in [5.41, 5.74) is 3.68. The number of unbranched alkanes of at least 4 members (excludes halogenated alkanes) is 2. The monoisotopic (exact) mass is 558 g/mol. The maximum absolute atomic E-state index is 13.5. The van der Waals surface area contributed by atoms with Crippen LogP contribution in [0.2, 0.25) is 0 Å². The normalized spacial score (nSPS) is 14.9. The van der Waals surface area contributed by atoms with Crippen molar-refractivity contribution in [2.24, 2.45) is 0 Å². The van der Waals surface area contributed by atoms with Gasteiger partial charge in [-0.15, -0.1) is 0 Å². The van der Waals surface area contributed by atoms with E-state index in [0.29, 0.717) is 34.6 Å². The van der Waals surface area contributed by atoms with Crippen molar-refractivity contribution in [3.63, 3.8) is 0 Å². The van der Waals surface area contributed by atoms with Crippen molar-refractivity contribution in [2.75, 3.05) is 13.7 Å². The van der Waals surface area contributed by atoms with Crippen molar-refractivity contribution in [3.05, 3.63) is 81.5 Å². The summed E-state index contributed by atoms with van der Waals surface area (Å²) in [7, 11) is 1.60. The lowest BCUT2D eigenvalue weighted by atomic mass is 9.93. The molecule has 0 saturated heterocycles. The number of carbonyl (C=O) groups excluding carboxylic acids is 2. The van der Waals surface area contributed by atoms with Crippen LogP contribution < -0.4 is 4.74 Å². The van der Waals surface area contributed by atoms with Gasteiger partial charge in [-0.2, -0.15) is 10.4 Å². The lowest BCUT2D eigenvalue weighted by Crippen LogP contribution is -2.43. The molecule has 0 atom stereocenters. The molecule has 2 heterocycles. The van der Waals surface area contributed by atoms with E-state index in [2.05, 4.69) is 22.9 Å². The van der Waals surface area contributed by atoms with Gasteiger partial charge in [0.2, 0.25) is 0 Å². The summed E-state index contributed by atoms with van der Waals surface area (Å²) in [6, 6.07) is 17.3. The number of ether oxygens (including phenoxy) is 1. The molecule has 0 spiro atoms. The highest BCUT2D eigenvalue weighted by molar-refractivity contribution is 9.10. The summed E-state index contributed by atoms with van der Waals surface area (Å²) in [4.78, 5) is 27.6. The minimum Gasteiger partial charge on any atom is -0.496 e. The number of nitriles is 1. The molecule has 0 unspecified atom stereocenters. The molecule has 0 bridgehead atoms. The maximum atomic E-state index is 13.5. The summed E-state index contributed by atoms with van der Waals surface area (Å²) < 4.78 is 7.89. The first kappa shape index (κ1) is 26.1. The van der Waals surface area contributed by atoms with Gasteiger partial charge < -0.3 is 4.74 Å². The van der Waals surface area contributed by atoms with E-state index in [-0.39, 0.29) is 12.1 Å². The van der Waals surface area contributed by atoms with Crippen LogP contribution in [0.3, 0.4) is 0 Å². The van der Waals surface area contributed by atoms with Gasteiger partial charge in [0.1, 0.15) is 23.1 Å². The smallest absolute Gasteiger partial charge is 0.271 e. The zero-order valence-corrected chi connectivity index (χ0v) is 22.6. The minimum absolute atomic E-state index is 0.00783. The first-order chi connectivity index (χ1) is 17.9. The molecule has 0 fully saturated rings. The number of rotatable bonds is 8. The number of halogens is 1. The van der Waals surface area contributed by atoms with Crippen molar-refractivity contribution in [3.8, 4) is 28.8 Å². The van der Waals surface area contributed by atoms with Crippen LogP contribution in [0.25, 0.3) is 23.0 Å². The van der Waals surface area contributed by atoms with Gasteiger partial charge >= 0.3 is 0 Å². The fourth-order valence-electron chi connectivity index (χ4n) is 4.25. The molecule has 37 heavy (non-hydrogen) atoms. The number of carbonyl (C=O) groups is 2. The Bertz CT molecular complexity index is 1450. The largest absolute Gasteiger partial charge is 0.496 e. The summed E-state index contributed by atoms with van der Waals surface area (Å²) in [6.07, 6.45) is 6.11. The first-order valence-electron chi connectivity index (χ1n) is 12.1.